The summed E-state index contributed by atoms with van der Waals surface area (Å²) in [6.07, 6.45) is 3.12. The third-order valence-electron chi connectivity index (χ3n) is 6.10. The maximum absolute atomic E-state index is 12.6. The number of H-pyrrole nitrogens is 1. The van der Waals surface area contributed by atoms with Crippen molar-refractivity contribution in [1.29, 1.82) is 5.26 Å². The lowest BCUT2D eigenvalue weighted by molar-refractivity contribution is -0.121. The molecular weight excluding hydrogens is 392 g/mol. The van der Waals surface area contributed by atoms with Gasteiger partial charge in [-0.1, -0.05) is 12.1 Å². The fourth-order valence-electron chi connectivity index (χ4n) is 4.29. The summed E-state index contributed by atoms with van der Waals surface area (Å²) in [6.45, 7) is 6.16. The maximum atomic E-state index is 12.6. The van der Waals surface area contributed by atoms with Crippen molar-refractivity contribution < 1.29 is 9.53 Å². The van der Waals surface area contributed by atoms with Gasteiger partial charge in [-0.3, -0.25) is 14.5 Å². The van der Waals surface area contributed by atoms with Gasteiger partial charge in [-0.25, -0.2) is 0 Å². The Hall–Kier alpha value is -3.11. The molecule has 1 aromatic heterocycles. The zero-order valence-electron chi connectivity index (χ0n) is 18.5. The number of rotatable bonds is 8. The van der Waals surface area contributed by atoms with Gasteiger partial charge in [0, 0.05) is 18.7 Å². The van der Waals surface area contributed by atoms with E-state index >= 15 is 0 Å². The molecule has 2 aromatic rings. The van der Waals surface area contributed by atoms with Crippen LogP contribution in [0.1, 0.15) is 53.3 Å². The van der Waals surface area contributed by atoms with Crippen molar-refractivity contribution in [3.05, 3.63) is 62.6 Å². The van der Waals surface area contributed by atoms with Crippen molar-refractivity contribution in [3.8, 4) is 11.8 Å². The number of hydrogen-bond acceptors (Lipinski definition) is 5. The fraction of sp³-hybridized carbons (Fsp3) is 0.458. The van der Waals surface area contributed by atoms with Crippen molar-refractivity contribution in [1.82, 2.24) is 15.2 Å². The van der Waals surface area contributed by atoms with Gasteiger partial charge in [0.2, 0.25) is 5.91 Å². The molecule has 0 aliphatic carbocycles. The Bertz CT molecular complexity index is 1010. The van der Waals surface area contributed by atoms with Crippen LogP contribution in [0, 0.1) is 25.2 Å². The molecule has 2 N–H and O–H groups in total. The van der Waals surface area contributed by atoms with Crippen LogP contribution in [-0.2, 0) is 11.2 Å². The second-order valence-corrected chi connectivity index (χ2v) is 8.01. The minimum Gasteiger partial charge on any atom is -0.497 e. The normalized spacial score (nSPS) is 14.8. The molecule has 164 valence electrons. The second-order valence-electron chi connectivity index (χ2n) is 8.01. The number of amides is 1. The highest BCUT2D eigenvalue weighted by Crippen LogP contribution is 2.26. The SMILES string of the molecule is COc1ccc([C@H](CNC(=O)CCc2c(C)[nH]c(=O)c(C#N)c2C)N2CCCC2)cc1. The fourth-order valence-corrected chi connectivity index (χ4v) is 4.29. The first-order valence-corrected chi connectivity index (χ1v) is 10.7. The van der Waals surface area contributed by atoms with Gasteiger partial charge in [0.05, 0.1) is 13.2 Å². The van der Waals surface area contributed by atoms with Crippen molar-refractivity contribution >= 4 is 5.91 Å². The van der Waals surface area contributed by atoms with Gasteiger partial charge in [-0.2, -0.15) is 5.26 Å². The summed E-state index contributed by atoms with van der Waals surface area (Å²) in [5.74, 6) is 0.776. The number of methoxy groups -OCH3 is 1. The number of hydrogen-bond donors (Lipinski definition) is 2. The van der Waals surface area contributed by atoms with E-state index in [0.29, 0.717) is 30.6 Å². The van der Waals surface area contributed by atoms with Gasteiger partial charge in [0.1, 0.15) is 17.4 Å². The molecule has 1 atom stereocenters. The second kappa shape index (κ2) is 10.3. The van der Waals surface area contributed by atoms with Gasteiger partial charge in [-0.15, -0.1) is 0 Å². The Balaban J connectivity index is 1.65. The number of nitriles is 1. The number of carbonyl (C=O) groups excluding carboxylic acids is 1. The highest BCUT2D eigenvalue weighted by Gasteiger charge is 2.24. The number of benzene rings is 1. The highest BCUT2D eigenvalue weighted by molar-refractivity contribution is 5.76. The minimum absolute atomic E-state index is 0.0405. The standard InChI is InChI=1S/C24H30N4O3/c1-16-20(17(2)27-24(30)21(16)14-25)10-11-23(29)26-15-22(28-12-4-5-13-28)18-6-8-19(31-3)9-7-18/h6-9,22H,4-5,10-13,15H2,1-3H3,(H,26,29)(H,27,30)/t22-/m0/s1. The maximum Gasteiger partial charge on any atom is 0.266 e. The van der Waals surface area contributed by atoms with Crippen LogP contribution >= 0.6 is 0 Å². The topological polar surface area (TPSA) is 98.2 Å². The van der Waals surface area contributed by atoms with Gasteiger partial charge in [0.15, 0.2) is 0 Å². The van der Waals surface area contributed by atoms with E-state index in [1.54, 1.807) is 21.0 Å². The lowest BCUT2D eigenvalue weighted by atomic mass is 9.99. The van der Waals surface area contributed by atoms with Crippen LogP contribution in [0.15, 0.2) is 29.1 Å². The van der Waals surface area contributed by atoms with Crippen LogP contribution in [0.5, 0.6) is 5.75 Å². The van der Waals surface area contributed by atoms with Crippen LogP contribution < -0.4 is 15.6 Å². The lowest BCUT2D eigenvalue weighted by Gasteiger charge is -2.28. The van der Waals surface area contributed by atoms with E-state index in [2.05, 4.69) is 27.3 Å². The zero-order valence-corrected chi connectivity index (χ0v) is 18.5. The first-order valence-electron chi connectivity index (χ1n) is 10.7. The summed E-state index contributed by atoms with van der Waals surface area (Å²) in [7, 11) is 1.65. The van der Waals surface area contributed by atoms with Crippen LogP contribution in [-0.4, -0.2) is 42.5 Å². The van der Waals surface area contributed by atoms with E-state index in [9.17, 15) is 14.9 Å². The average Bonchev–Trinajstić information content (AvgIpc) is 3.29. The molecule has 31 heavy (non-hydrogen) atoms. The largest absolute Gasteiger partial charge is 0.497 e. The molecule has 0 unspecified atom stereocenters. The van der Waals surface area contributed by atoms with Crippen molar-refractivity contribution in [2.45, 2.75) is 45.6 Å². The van der Waals surface area contributed by atoms with Crippen molar-refractivity contribution in [2.24, 2.45) is 0 Å². The zero-order chi connectivity index (χ0) is 22.4. The molecule has 0 radical (unpaired) electrons. The first-order chi connectivity index (χ1) is 14.9. The molecule has 1 amide bonds. The van der Waals surface area contributed by atoms with Crippen molar-refractivity contribution in [2.75, 3.05) is 26.7 Å². The van der Waals surface area contributed by atoms with Gasteiger partial charge in [0.25, 0.3) is 5.56 Å². The van der Waals surface area contributed by atoms with E-state index in [1.807, 2.05) is 18.2 Å². The average molecular weight is 423 g/mol. The number of aryl methyl sites for hydroxylation is 1. The van der Waals surface area contributed by atoms with Crippen LogP contribution in [0.3, 0.4) is 0 Å². The molecule has 3 rings (SSSR count). The number of nitrogens with zero attached hydrogens (tertiary/aromatic N) is 2. The minimum atomic E-state index is -0.376. The Labute approximate surface area is 183 Å². The Morgan fingerprint density at radius 1 is 1.26 bits per heavy atom. The van der Waals surface area contributed by atoms with E-state index in [1.165, 1.54) is 12.8 Å². The molecule has 7 nitrogen and oxygen atoms in total. The number of nitrogens with one attached hydrogen (secondary N) is 2. The number of likely N-dealkylation sites (tertiary alicyclic amines) is 1. The molecule has 1 aliphatic heterocycles. The third kappa shape index (κ3) is 5.33. The summed E-state index contributed by atoms with van der Waals surface area (Å²) < 4.78 is 5.26. The Morgan fingerprint density at radius 3 is 2.55 bits per heavy atom. The third-order valence-corrected chi connectivity index (χ3v) is 6.10. The first kappa shape index (κ1) is 22.6. The van der Waals surface area contributed by atoms with E-state index in [0.717, 1.165) is 30.0 Å². The van der Waals surface area contributed by atoms with E-state index in [4.69, 9.17) is 4.74 Å². The van der Waals surface area contributed by atoms with Crippen molar-refractivity contribution in [3.63, 3.8) is 0 Å². The smallest absolute Gasteiger partial charge is 0.266 e. The summed E-state index contributed by atoms with van der Waals surface area (Å²) in [6, 6.07) is 10.1. The Morgan fingerprint density at radius 2 is 1.94 bits per heavy atom. The van der Waals surface area contributed by atoms with E-state index in [-0.39, 0.29) is 23.1 Å². The molecule has 0 saturated carbocycles. The molecule has 1 saturated heterocycles. The monoisotopic (exact) mass is 422 g/mol. The Kier molecular flexibility index (Phi) is 7.48. The van der Waals surface area contributed by atoms with Gasteiger partial charge in [-0.05, 0) is 75.0 Å². The number of ether oxygens (including phenoxy) is 1. The molecule has 1 aromatic carbocycles. The molecule has 2 heterocycles. The van der Waals surface area contributed by atoms with Crippen LogP contribution in [0.4, 0.5) is 0 Å². The summed E-state index contributed by atoms with van der Waals surface area (Å²) in [5.41, 5.74) is 3.13. The van der Waals surface area contributed by atoms with Gasteiger partial charge >= 0.3 is 0 Å². The number of aromatic amines is 1. The molecule has 0 bridgehead atoms. The van der Waals surface area contributed by atoms with Crippen LogP contribution in [0.2, 0.25) is 0 Å². The predicted octanol–water partition coefficient (Wildman–Crippen LogP) is 2.76. The number of carbonyl (C=O) groups is 1. The summed E-state index contributed by atoms with van der Waals surface area (Å²) >= 11 is 0. The summed E-state index contributed by atoms with van der Waals surface area (Å²) in [4.78, 5) is 29.6. The lowest BCUT2D eigenvalue weighted by Crippen LogP contribution is -2.37. The highest BCUT2D eigenvalue weighted by atomic mass is 16.5. The quantitative estimate of drug-likeness (QED) is 0.682. The molecule has 1 fully saturated rings. The molecule has 0 spiro atoms. The number of pyridine rings is 1. The molecule has 7 heteroatoms. The van der Waals surface area contributed by atoms with Crippen LogP contribution in [0.25, 0.3) is 0 Å². The molecular formula is C24H30N4O3. The number of aromatic nitrogens is 1. The summed E-state index contributed by atoms with van der Waals surface area (Å²) in [5, 5.41) is 12.3. The van der Waals surface area contributed by atoms with E-state index < -0.39 is 0 Å². The predicted molar refractivity (Wildman–Crippen MR) is 119 cm³/mol. The molecule has 1 aliphatic rings. The van der Waals surface area contributed by atoms with Gasteiger partial charge < -0.3 is 15.0 Å².